The average Bonchev–Trinajstić information content (AvgIpc) is 1.92. The minimum Gasteiger partial charge on any atom is -0.244 e. The molecule has 0 bridgehead atoms. The van der Waals surface area contributed by atoms with Crippen molar-refractivity contribution in [3.8, 4) is 0 Å². The van der Waals surface area contributed by atoms with Gasteiger partial charge in [-0.25, -0.2) is 4.98 Å². The zero-order chi connectivity index (χ0) is 9.35. The predicted octanol–water partition coefficient (Wildman–Crippen LogP) is 2.59. The summed E-state index contributed by atoms with van der Waals surface area (Å²) >= 11 is 6.00. The van der Waals surface area contributed by atoms with E-state index in [1.807, 2.05) is 13.1 Å². The molecule has 0 radical (unpaired) electrons. The fraction of sp³-hybridized carbons (Fsp3) is 0.444. The second kappa shape index (κ2) is 3.19. The summed E-state index contributed by atoms with van der Waals surface area (Å²) in [4.78, 5) is 4.15. The number of aromatic nitrogens is 1. The van der Waals surface area contributed by atoms with Gasteiger partial charge in [-0.2, -0.15) is 0 Å². The van der Waals surface area contributed by atoms with Gasteiger partial charge in [-0.05, 0) is 17.7 Å². The molecule has 0 spiro atoms. The molecule has 0 saturated heterocycles. The third-order valence-electron chi connectivity index (χ3n) is 1.78. The molecular weight excluding hydrogens is 186 g/mol. The van der Waals surface area contributed by atoms with Crippen LogP contribution >= 0.6 is 11.6 Å². The van der Waals surface area contributed by atoms with Gasteiger partial charge in [-0.3, -0.25) is 0 Å². The molecule has 0 unspecified atom stereocenters. The molecule has 0 saturated carbocycles. The minimum atomic E-state index is -1.30. The van der Waals surface area contributed by atoms with Crippen molar-refractivity contribution in [3.63, 3.8) is 0 Å². The van der Waals surface area contributed by atoms with Crippen molar-refractivity contribution in [1.82, 2.24) is 4.98 Å². The molecule has 66 valence electrons. The summed E-state index contributed by atoms with van der Waals surface area (Å²) in [6, 6.07) is 2.15. The summed E-state index contributed by atoms with van der Waals surface area (Å²) in [6.45, 7) is 8.87. The Bertz CT molecular complexity index is 291. The van der Waals surface area contributed by atoms with Crippen LogP contribution in [-0.4, -0.2) is 13.1 Å². The number of hydrogen-bond donors (Lipinski definition) is 0. The van der Waals surface area contributed by atoms with Crippen molar-refractivity contribution in [2.24, 2.45) is 0 Å². The predicted molar refractivity (Wildman–Crippen MR) is 57.0 cm³/mol. The van der Waals surface area contributed by atoms with E-state index >= 15 is 0 Å². The lowest BCUT2D eigenvalue weighted by molar-refractivity contribution is 1.28. The smallest absolute Gasteiger partial charge is 0.128 e. The zero-order valence-corrected chi connectivity index (χ0v) is 9.74. The summed E-state index contributed by atoms with van der Waals surface area (Å²) in [6.07, 6.45) is 1.81. The Morgan fingerprint density at radius 1 is 1.33 bits per heavy atom. The van der Waals surface area contributed by atoms with Crippen molar-refractivity contribution in [2.45, 2.75) is 26.6 Å². The topological polar surface area (TPSA) is 12.9 Å². The van der Waals surface area contributed by atoms with Crippen LogP contribution in [0.5, 0.6) is 0 Å². The van der Waals surface area contributed by atoms with Crippen LogP contribution in [0.4, 0.5) is 0 Å². The number of hydrogen-bond acceptors (Lipinski definition) is 1. The van der Waals surface area contributed by atoms with Crippen molar-refractivity contribution in [1.29, 1.82) is 0 Å². The fourth-order valence-corrected chi connectivity index (χ4v) is 3.38. The molecule has 0 aliphatic rings. The maximum absolute atomic E-state index is 6.00. The first-order chi connectivity index (χ1) is 5.41. The van der Waals surface area contributed by atoms with E-state index < -0.39 is 8.07 Å². The highest BCUT2D eigenvalue weighted by Crippen LogP contribution is 2.10. The zero-order valence-electron chi connectivity index (χ0n) is 7.98. The van der Waals surface area contributed by atoms with E-state index in [-0.39, 0.29) is 0 Å². The molecule has 0 amide bonds. The Morgan fingerprint density at radius 2 is 1.92 bits per heavy atom. The van der Waals surface area contributed by atoms with Crippen LogP contribution in [0.2, 0.25) is 24.8 Å². The van der Waals surface area contributed by atoms with Crippen LogP contribution in [-0.2, 0) is 0 Å². The summed E-state index contributed by atoms with van der Waals surface area (Å²) < 4.78 is 0. The number of aryl methyl sites for hydroxylation is 1. The van der Waals surface area contributed by atoms with Crippen molar-refractivity contribution >= 4 is 24.9 Å². The first-order valence-electron chi connectivity index (χ1n) is 4.04. The van der Waals surface area contributed by atoms with Crippen LogP contribution in [0, 0.1) is 6.92 Å². The van der Waals surface area contributed by atoms with Crippen molar-refractivity contribution in [2.75, 3.05) is 0 Å². The molecule has 12 heavy (non-hydrogen) atoms. The highest BCUT2D eigenvalue weighted by atomic mass is 35.5. The molecule has 1 aromatic heterocycles. The highest BCUT2D eigenvalue weighted by molar-refractivity contribution is 6.90. The van der Waals surface area contributed by atoms with Crippen LogP contribution in [0.15, 0.2) is 12.3 Å². The van der Waals surface area contributed by atoms with Gasteiger partial charge in [-0.15, -0.1) is 0 Å². The summed E-state index contributed by atoms with van der Waals surface area (Å²) in [5.41, 5.74) is 1.19. The van der Waals surface area contributed by atoms with E-state index in [2.05, 4.69) is 30.7 Å². The quantitative estimate of drug-likeness (QED) is 0.501. The van der Waals surface area contributed by atoms with E-state index in [9.17, 15) is 0 Å². The van der Waals surface area contributed by atoms with E-state index in [1.54, 1.807) is 0 Å². The first-order valence-corrected chi connectivity index (χ1v) is 7.91. The lowest BCUT2D eigenvalue weighted by Crippen LogP contribution is -2.39. The number of halogens is 1. The van der Waals surface area contributed by atoms with Gasteiger partial charge < -0.3 is 0 Å². The van der Waals surface area contributed by atoms with E-state index in [0.29, 0.717) is 5.15 Å². The Morgan fingerprint density at radius 3 is 2.33 bits per heavy atom. The summed E-state index contributed by atoms with van der Waals surface area (Å²) in [5, 5.41) is 1.93. The third kappa shape index (κ3) is 2.08. The van der Waals surface area contributed by atoms with Crippen LogP contribution in [0.3, 0.4) is 0 Å². The number of rotatable bonds is 1. The van der Waals surface area contributed by atoms with E-state index in [0.717, 1.165) is 0 Å². The normalized spacial score (nSPS) is 11.8. The number of nitrogens with zero attached hydrogens (tertiary/aromatic N) is 1. The Kier molecular flexibility index (Phi) is 2.59. The standard InChI is InChI=1S/C9H14ClNSi/c1-7-5-8(12(2,3)4)9(10)11-6-7/h5-6H,1-4H3. The van der Waals surface area contributed by atoms with Gasteiger partial charge in [0.2, 0.25) is 0 Å². The second-order valence-corrected chi connectivity index (χ2v) is 9.50. The average molecular weight is 200 g/mol. The molecule has 0 N–H and O–H groups in total. The van der Waals surface area contributed by atoms with Gasteiger partial charge in [0.05, 0.1) is 8.07 Å². The van der Waals surface area contributed by atoms with Crippen LogP contribution in [0.1, 0.15) is 5.56 Å². The molecule has 1 aromatic rings. The molecule has 0 aliphatic heterocycles. The molecule has 0 fully saturated rings. The maximum Gasteiger partial charge on any atom is 0.128 e. The lowest BCUT2D eigenvalue weighted by atomic mass is 10.3. The van der Waals surface area contributed by atoms with E-state index in [4.69, 9.17) is 11.6 Å². The largest absolute Gasteiger partial charge is 0.244 e. The van der Waals surface area contributed by atoms with Crippen molar-refractivity contribution in [3.05, 3.63) is 23.0 Å². The van der Waals surface area contributed by atoms with Gasteiger partial charge in [0.15, 0.2) is 0 Å². The SMILES string of the molecule is Cc1cnc(Cl)c([Si](C)(C)C)c1. The minimum absolute atomic E-state index is 0.680. The summed E-state index contributed by atoms with van der Waals surface area (Å²) in [7, 11) is -1.30. The molecular formula is C9H14ClNSi. The Balaban J connectivity index is 3.23. The maximum atomic E-state index is 6.00. The molecule has 0 aromatic carbocycles. The highest BCUT2D eigenvalue weighted by Gasteiger charge is 2.20. The number of pyridine rings is 1. The molecule has 3 heteroatoms. The van der Waals surface area contributed by atoms with Crippen molar-refractivity contribution < 1.29 is 0 Å². The Labute approximate surface area is 79.8 Å². The molecule has 1 nitrogen and oxygen atoms in total. The second-order valence-electron chi connectivity index (χ2n) is 4.10. The third-order valence-corrected chi connectivity index (χ3v) is 4.24. The lowest BCUT2D eigenvalue weighted by Gasteiger charge is -2.17. The molecule has 1 heterocycles. The monoisotopic (exact) mass is 199 g/mol. The van der Waals surface area contributed by atoms with Gasteiger partial charge in [0.25, 0.3) is 0 Å². The van der Waals surface area contributed by atoms with Gasteiger partial charge >= 0.3 is 0 Å². The molecule has 0 atom stereocenters. The fourth-order valence-electron chi connectivity index (χ4n) is 1.08. The van der Waals surface area contributed by atoms with E-state index in [1.165, 1.54) is 10.8 Å². The van der Waals surface area contributed by atoms with Gasteiger partial charge in [0, 0.05) is 6.20 Å². The van der Waals surface area contributed by atoms with Gasteiger partial charge in [-0.1, -0.05) is 37.3 Å². The first kappa shape index (κ1) is 9.74. The van der Waals surface area contributed by atoms with Crippen LogP contribution < -0.4 is 5.19 Å². The molecule has 0 aliphatic carbocycles. The Hall–Kier alpha value is -0.343. The molecule has 1 rings (SSSR count). The summed E-state index contributed by atoms with van der Waals surface area (Å²) in [5.74, 6) is 0. The van der Waals surface area contributed by atoms with Crippen LogP contribution in [0.25, 0.3) is 0 Å². The van der Waals surface area contributed by atoms with Gasteiger partial charge in [0.1, 0.15) is 5.15 Å².